The summed E-state index contributed by atoms with van der Waals surface area (Å²) in [7, 11) is 0. The molecule has 3 aliphatic rings. The highest BCUT2D eigenvalue weighted by atomic mass is 16.2. The molecule has 1 amide bonds. The van der Waals surface area contributed by atoms with Crippen molar-refractivity contribution in [1.29, 1.82) is 0 Å². The zero-order valence-electron chi connectivity index (χ0n) is 17.8. The van der Waals surface area contributed by atoms with Crippen LogP contribution in [0.1, 0.15) is 59.1 Å². The lowest BCUT2D eigenvalue weighted by molar-refractivity contribution is 0.0725. The van der Waals surface area contributed by atoms with Gasteiger partial charge in [0.25, 0.3) is 5.91 Å². The van der Waals surface area contributed by atoms with Gasteiger partial charge in [0.2, 0.25) is 0 Å². The van der Waals surface area contributed by atoms with Gasteiger partial charge in [-0.1, -0.05) is 60.7 Å². The highest BCUT2D eigenvalue weighted by molar-refractivity contribution is 6.01. The Morgan fingerprint density at radius 2 is 1.74 bits per heavy atom. The van der Waals surface area contributed by atoms with Gasteiger partial charge in [0, 0.05) is 19.0 Å². The first-order chi connectivity index (χ1) is 15.3. The highest BCUT2D eigenvalue weighted by Gasteiger charge is 2.39. The molecule has 156 valence electrons. The second-order valence-corrected chi connectivity index (χ2v) is 9.20. The van der Waals surface area contributed by atoms with Gasteiger partial charge in [0.1, 0.15) is 0 Å². The van der Waals surface area contributed by atoms with Gasteiger partial charge >= 0.3 is 0 Å². The minimum absolute atomic E-state index is 0.182. The van der Waals surface area contributed by atoms with E-state index < -0.39 is 0 Å². The molecule has 0 saturated carbocycles. The number of anilines is 1. The molecule has 31 heavy (non-hydrogen) atoms. The SMILES string of the molecule is O=C(c1cccc2c1NC(c1ccc3ccccc3c1)C1CC=CC21)N1CCCCC1. The number of rotatable bonds is 2. The first-order valence-corrected chi connectivity index (χ1v) is 11.6. The van der Waals surface area contributed by atoms with E-state index in [1.807, 2.05) is 11.0 Å². The summed E-state index contributed by atoms with van der Waals surface area (Å²) < 4.78 is 0. The summed E-state index contributed by atoms with van der Waals surface area (Å²) in [5, 5.41) is 6.39. The molecule has 2 heterocycles. The molecule has 1 fully saturated rings. The van der Waals surface area contributed by atoms with Gasteiger partial charge < -0.3 is 10.2 Å². The maximum absolute atomic E-state index is 13.4. The molecule has 0 radical (unpaired) electrons. The van der Waals surface area contributed by atoms with Crippen LogP contribution in [0.15, 0.2) is 72.8 Å². The summed E-state index contributed by atoms with van der Waals surface area (Å²) in [6.45, 7) is 1.76. The Kier molecular flexibility index (Phi) is 4.56. The van der Waals surface area contributed by atoms with Crippen molar-refractivity contribution >= 4 is 22.4 Å². The Balaban J connectivity index is 1.42. The molecule has 3 aromatic carbocycles. The quantitative estimate of drug-likeness (QED) is 0.505. The Hall–Kier alpha value is -3.07. The number of likely N-dealkylation sites (tertiary alicyclic amines) is 1. The van der Waals surface area contributed by atoms with Crippen LogP contribution in [0.3, 0.4) is 0 Å². The zero-order chi connectivity index (χ0) is 20.8. The summed E-state index contributed by atoms with van der Waals surface area (Å²) in [6.07, 6.45) is 9.20. The van der Waals surface area contributed by atoms with Crippen LogP contribution < -0.4 is 5.32 Å². The van der Waals surface area contributed by atoms with E-state index in [1.165, 1.54) is 28.3 Å². The van der Waals surface area contributed by atoms with E-state index in [2.05, 4.69) is 72.1 Å². The predicted molar refractivity (Wildman–Crippen MR) is 126 cm³/mol. The molecule has 3 aromatic rings. The number of fused-ring (bicyclic) bond motifs is 4. The van der Waals surface area contributed by atoms with Gasteiger partial charge in [0.15, 0.2) is 0 Å². The molecular formula is C28H28N2O. The number of amides is 1. The monoisotopic (exact) mass is 408 g/mol. The molecule has 0 bridgehead atoms. The van der Waals surface area contributed by atoms with Crippen LogP contribution in [0.4, 0.5) is 5.69 Å². The fraction of sp³-hybridized carbons (Fsp3) is 0.321. The molecule has 1 aliphatic carbocycles. The van der Waals surface area contributed by atoms with Crippen molar-refractivity contribution in [3.8, 4) is 0 Å². The van der Waals surface area contributed by atoms with Crippen molar-refractivity contribution in [1.82, 2.24) is 4.90 Å². The van der Waals surface area contributed by atoms with Crippen molar-refractivity contribution in [2.75, 3.05) is 18.4 Å². The topological polar surface area (TPSA) is 32.3 Å². The van der Waals surface area contributed by atoms with Crippen LogP contribution in [0.25, 0.3) is 10.8 Å². The molecular weight excluding hydrogens is 380 g/mol. The third kappa shape index (κ3) is 3.15. The van der Waals surface area contributed by atoms with E-state index in [-0.39, 0.29) is 11.9 Å². The second kappa shape index (κ2) is 7.56. The minimum atomic E-state index is 0.182. The molecule has 3 heteroatoms. The number of nitrogens with zero attached hydrogens (tertiary/aromatic N) is 1. The van der Waals surface area contributed by atoms with Gasteiger partial charge in [-0.15, -0.1) is 0 Å². The average molecular weight is 409 g/mol. The maximum atomic E-state index is 13.4. The van der Waals surface area contributed by atoms with Gasteiger partial charge in [0.05, 0.1) is 17.3 Å². The molecule has 3 unspecified atom stereocenters. The van der Waals surface area contributed by atoms with E-state index in [9.17, 15) is 4.79 Å². The number of hydrogen-bond acceptors (Lipinski definition) is 2. The average Bonchev–Trinajstić information content (AvgIpc) is 3.33. The molecule has 1 saturated heterocycles. The van der Waals surface area contributed by atoms with Crippen LogP contribution in [-0.4, -0.2) is 23.9 Å². The summed E-state index contributed by atoms with van der Waals surface area (Å²) in [5.74, 6) is 1.03. The largest absolute Gasteiger partial charge is 0.377 e. The first kappa shape index (κ1) is 18.7. The fourth-order valence-corrected chi connectivity index (χ4v) is 5.80. The van der Waals surface area contributed by atoms with E-state index >= 15 is 0 Å². The normalized spacial score (nSPS) is 24.5. The summed E-state index contributed by atoms with van der Waals surface area (Å²) in [6, 6.07) is 21.8. The molecule has 3 atom stereocenters. The van der Waals surface area contributed by atoms with E-state index in [0.717, 1.165) is 43.6 Å². The van der Waals surface area contributed by atoms with Gasteiger partial charge in [-0.2, -0.15) is 0 Å². The summed E-state index contributed by atoms with van der Waals surface area (Å²) >= 11 is 0. The fourth-order valence-electron chi connectivity index (χ4n) is 5.80. The molecule has 0 spiro atoms. The Morgan fingerprint density at radius 3 is 2.61 bits per heavy atom. The van der Waals surface area contributed by atoms with Crippen molar-refractivity contribution in [3.63, 3.8) is 0 Å². The number of piperidine rings is 1. The van der Waals surface area contributed by atoms with Crippen LogP contribution in [0, 0.1) is 5.92 Å². The van der Waals surface area contributed by atoms with E-state index in [1.54, 1.807) is 0 Å². The lowest BCUT2D eigenvalue weighted by Crippen LogP contribution is -2.37. The zero-order valence-corrected chi connectivity index (χ0v) is 17.8. The standard InChI is InChI=1S/C28H28N2O/c31-28(30-16-4-1-5-17-30)25-13-7-12-24-22-10-6-11-23(22)26(29-27(24)25)21-15-14-19-8-2-3-9-20(19)18-21/h2-3,6-10,12-15,18,22-23,26,29H,1,4-5,11,16-17H2. The Labute approximate surface area is 183 Å². The number of benzene rings is 3. The van der Waals surface area contributed by atoms with Gasteiger partial charge in [-0.25, -0.2) is 0 Å². The molecule has 2 aliphatic heterocycles. The van der Waals surface area contributed by atoms with Crippen LogP contribution in [-0.2, 0) is 0 Å². The number of carbonyl (C=O) groups excluding carboxylic acids is 1. The Bertz CT molecular complexity index is 1170. The third-order valence-corrected chi connectivity index (χ3v) is 7.40. The predicted octanol–water partition coefficient (Wildman–Crippen LogP) is 6.29. The number of carbonyl (C=O) groups is 1. The molecule has 1 N–H and O–H groups in total. The maximum Gasteiger partial charge on any atom is 0.255 e. The summed E-state index contributed by atoms with van der Waals surface area (Å²) in [4.78, 5) is 15.5. The van der Waals surface area contributed by atoms with Gasteiger partial charge in [-0.05, 0) is 65.6 Å². The highest BCUT2D eigenvalue weighted by Crippen LogP contribution is 2.51. The second-order valence-electron chi connectivity index (χ2n) is 9.20. The van der Waals surface area contributed by atoms with Crippen LogP contribution in [0.2, 0.25) is 0 Å². The molecule has 0 aromatic heterocycles. The number of nitrogens with one attached hydrogen (secondary N) is 1. The van der Waals surface area contributed by atoms with Gasteiger partial charge in [-0.3, -0.25) is 4.79 Å². The first-order valence-electron chi connectivity index (χ1n) is 11.6. The van der Waals surface area contributed by atoms with Crippen LogP contribution >= 0.6 is 0 Å². The van der Waals surface area contributed by atoms with Crippen LogP contribution in [0.5, 0.6) is 0 Å². The third-order valence-electron chi connectivity index (χ3n) is 7.40. The number of allylic oxidation sites excluding steroid dienone is 2. The lowest BCUT2D eigenvalue weighted by atomic mass is 9.76. The summed E-state index contributed by atoms with van der Waals surface area (Å²) in [5.41, 5.74) is 4.47. The van der Waals surface area contributed by atoms with Crippen molar-refractivity contribution in [2.24, 2.45) is 5.92 Å². The van der Waals surface area contributed by atoms with Crippen molar-refractivity contribution in [3.05, 3.63) is 89.5 Å². The molecule has 6 rings (SSSR count). The molecule has 3 nitrogen and oxygen atoms in total. The van der Waals surface area contributed by atoms with E-state index in [4.69, 9.17) is 0 Å². The Morgan fingerprint density at radius 1 is 0.903 bits per heavy atom. The van der Waals surface area contributed by atoms with E-state index in [0.29, 0.717) is 11.8 Å². The smallest absolute Gasteiger partial charge is 0.255 e. The van der Waals surface area contributed by atoms with Crippen molar-refractivity contribution in [2.45, 2.75) is 37.6 Å². The minimum Gasteiger partial charge on any atom is -0.377 e. The van der Waals surface area contributed by atoms with Crippen molar-refractivity contribution < 1.29 is 4.79 Å². The number of para-hydroxylation sites is 1. The lowest BCUT2D eigenvalue weighted by Gasteiger charge is -2.39. The number of hydrogen-bond donors (Lipinski definition) is 1.